The summed E-state index contributed by atoms with van der Waals surface area (Å²) in [5.41, 5.74) is 3.98. The highest BCUT2D eigenvalue weighted by molar-refractivity contribution is 9.10. The topological polar surface area (TPSA) is 24.9 Å². The molecule has 0 aliphatic rings. The Hall–Kier alpha value is -0.780. The lowest BCUT2D eigenvalue weighted by atomic mass is 10.2. The van der Waals surface area contributed by atoms with Crippen LogP contribution in [0.3, 0.4) is 0 Å². The average molecular weight is 315 g/mol. The van der Waals surface area contributed by atoms with Crippen LogP contribution in [0.4, 0.5) is 4.39 Å². The van der Waals surface area contributed by atoms with E-state index in [9.17, 15) is 4.39 Å². The summed E-state index contributed by atoms with van der Waals surface area (Å²) >= 11 is 4.82. The first-order valence-corrected chi connectivity index (χ1v) is 6.87. The minimum atomic E-state index is -0.230. The molecule has 17 heavy (non-hydrogen) atoms. The predicted molar refractivity (Wildman–Crippen MR) is 71.5 cm³/mol. The van der Waals surface area contributed by atoms with Crippen LogP contribution in [0.1, 0.15) is 16.1 Å². The molecule has 5 heteroatoms. The molecule has 1 aromatic heterocycles. The summed E-state index contributed by atoms with van der Waals surface area (Å²) < 4.78 is 13.5. The third kappa shape index (κ3) is 3.34. The van der Waals surface area contributed by atoms with Crippen molar-refractivity contribution < 1.29 is 4.39 Å². The van der Waals surface area contributed by atoms with Crippen molar-refractivity contribution in [3.05, 3.63) is 50.1 Å². The monoisotopic (exact) mass is 314 g/mol. The molecule has 0 saturated carbocycles. The van der Waals surface area contributed by atoms with Crippen LogP contribution in [0, 0.1) is 12.7 Å². The van der Waals surface area contributed by atoms with Gasteiger partial charge in [0.1, 0.15) is 5.82 Å². The molecule has 0 fully saturated rings. The summed E-state index contributed by atoms with van der Waals surface area (Å²) in [6.45, 7) is 3.52. The van der Waals surface area contributed by atoms with Crippen molar-refractivity contribution in [3.8, 4) is 0 Å². The molecule has 0 radical (unpaired) electrons. The molecule has 0 spiro atoms. The van der Waals surface area contributed by atoms with Crippen molar-refractivity contribution in [1.82, 2.24) is 10.3 Å². The molecule has 0 saturated heterocycles. The van der Waals surface area contributed by atoms with Crippen molar-refractivity contribution >= 4 is 27.3 Å². The van der Waals surface area contributed by atoms with E-state index in [-0.39, 0.29) is 5.82 Å². The fraction of sp³-hybridized carbons (Fsp3) is 0.250. The second-order valence-corrected chi connectivity index (χ2v) is 5.51. The maximum atomic E-state index is 13.0. The SMILES string of the molecule is Cc1ncsc1CNCc1ccc(F)c(Br)c1. The molecular weight excluding hydrogens is 303 g/mol. The van der Waals surface area contributed by atoms with E-state index in [2.05, 4.69) is 26.2 Å². The van der Waals surface area contributed by atoms with Crippen molar-refractivity contribution in [2.24, 2.45) is 0 Å². The van der Waals surface area contributed by atoms with Gasteiger partial charge in [-0.25, -0.2) is 9.37 Å². The Morgan fingerprint density at radius 2 is 2.24 bits per heavy atom. The smallest absolute Gasteiger partial charge is 0.137 e. The molecule has 0 bridgehead atoms. The lowest BCUT2D eigenvalue weighted by molar-refractivity contribution is 0.618. The second-order valence-electron chi connectivity index (χ2n) is 3.71. The van der Waals surface area contributed by atoms with Crippen LogP contribution in [0.5, 0.6) is 0 Å². The highest BCUT2D eigenvalue weighted by atomic mass is 79.9. The van der Waals surface area contributed by atoms with Crippen molar-refractivity contribution in [2.45, 2.75) is 20.0 Å². The predicted octanol–water partition coefficient (Wildman–Crippen LogP) is 3.64. The number of benzene rings is 1. The summed E-state index contributed by atoms with van der Waals surface area (Å²) in [4.78, 5) is 5.43. The number of nitrogens with one attached hydrogen (secondary N) is 1. The third-order valence-electron chi connectivity index (χ3n) is 2.44. The van der Waals surface area contributed by atoms with E-state index in [1.165, 1.54) is 10.9 Å². The zero-order chi connectivity index (χ0) is 12.3. The lowest BCUT2D eigenvalue weighted by Crippen LogP contribution is -2.12. The van der Waals surface area contributed by atoms with Crippen LogP contribution in [0.2, 0.25) is 0 Å². The Balaban J connectivity index is 1.90. The van der Waals surface area contributed by atoms with E-state index in [1.807, 2.05) is 12.4 Å². The molecular formula is C12H12BrFN2S. The van der Waals surface area contributed by atoms with Gasteiger partial charge in [-0.1, -0.05) is 6.07 Å². The van der Waals surface area contributed by atoms with E-state index in [0.717, 1.165) is 24.3 Å². The Bertz CT molecular complexity index is 513. The van der Waals surface area contributed by atoms with Crippen molar-refractivity contribution in [2.75, 3.05) is 0 Å². The van der Waals surface area contributed by atoms with E-state index in [4.69, 9.17) is 0 Å². The highest BCUT2D eigenvalue weighted by Crippen LogP contribution is 2.17. The van der Waals surface area contributed by atoms with Crippen LogP contribution in [0.15, 0.2) is 28.2 Å². The molecule has 0 aliphatic heterocycles. The first-order valence-electron chi connectivity index (χ1n) is 5.20. The van der Waals surface area contributed by atoms with Gasteiger partial charge in [0.05, 0.1) is 15.7 Å². The van der Waals surface area contributed by atoms with Gasteiger partial charge >= 0.3 is 0 Å². The number of halogens is 2. The number of nitrogens with zero attached hydrogens (tertiary/aromatic N) is 1. The summed E-state index contributed by atoms with van der Waals surface area (Å²) in [6.07, 6.45) is 0. The zero-order valence-corrected chi connectivity index (χ0v) is 11.7. The molecule has 0 atom stereocenters. The summed E-state index contributed by atoms with van der Waals surface area (Å²) in [5, 5.41) is 3.32. The first kappa shape index (κ1) is 12.7. The fourth-order valence-corrected chi connectivity index (χ4v) is 2.64. The molecule has 1 aromatic carbocycles. The molecule has 1 N–H and O–H groups in total. The van der Waals surface area contributed by atoms with E-state index in [1.54, 1.807) is 23.5 Å². The van der Waals surface area contributed by atoms with Crippen LogP contribution in [-0.4, -0.2) is 4.98 Å². The Morgan fingerprint density at radius 3 is 2.88 bits per heavy atom. The number of rotatable bonds is 4. The Labute approximate surface area is 112 Å². The van der Waals surface area contributed by atoms with E-state index in [0.29, 0.717) is 4.47 Å². The van der Waals surface area contributed by atoms with Gasteiger partial charge < -0.3 is 5.32 Å². The molecule has 2 nitrogen and oxygen atoms in total. The van der Waals surface area contributed by atoms with Gasteiger partial charge in [0.25, 0.3) is 0 Å². The number of thiazole rings is 1. The third-order valence-corrected chi connectivity index (χ3v) is 3.99. The van der Waals surface area contributed by atoms with Gasteiger partial charge in [0.15, 0.2) is 0 Å². The molecule has 1 heterocycles. The van der Waals surface area contributed by atoms with E-state index < -0.39 is 0 Å². The standard InChI is InChI=1S/C12H12BrFN2S/c1-8-12(17-7-16-8)6-15-5-9-2-3-11(14)10(13)4-9/h2-4,7,15H,5-6H2,1H3. The van der Waals surface area contributed by atoms with Crippen molar-refractivity contribution in [1.29, 1.82) is 0 Å². The highest BCUT2D eigenvalue weighted by Gasteiger charge is 2.02. The average Bonchev–Trinajstić information content (AvgIpc) is 2.70. The molecule has 0 amide bonds. The fourth-order valence-electron chi connectivity index (χ4n) is 1.47. The van der Waals surface area contributed by atoms with Crippen LogP contribution < -0.4 is 5.32 Å². The maximum absolute atomic E-state index is 13.0. The normalized spacial score (nSPS) is 10.8. The quantitative estimate of drug-likeness (QED) is 0.932. The minimum Gasteiger partial charge on any atom is -0.308 e. The van der Waals surface area contributed by atoms with Gasteiger partial charge in [-0.15, -0.1) is 11.3 Å². The largest absolute Gasteiger partial charge is 0.308 e. The van der Waals surface area contributed by atoms with Gasteiger partial charge in [-0.2, -0.15) is 0 Å². The first-order chi connectivity index (χ1) is 8.16. The van der Waals surface area contributed by atoms with Gasteiger partial charge in [0, 0.05) is 18.0 Å². The molecule has 0 aliphatic carbocycles. The van der Waals surface area contributed by atoms with E-state index >= 15 is 0 Å². The van der Waals surface area contributed by atoms with Crippen LogP contribution in [0.25, 0.3) is 0 Å². The summed E-state index contributed by atoms with van der Waals surface area (Å²) in [5.74, 6) is -0.230. The van der Waals surface area contributed by atoms with Crippen LogP contribution in [-0.2, 0) is 13.1 Å². The Kier molecular flexibility index (Phi) is 4.25. The number of aromatic nitrogens is 1. The zero-order valence-electron chi connectivity index (χ0n) is 9.34. The lowest BCUT2D eigenvalue weighted by Gasteiger charge is -2.05. The van der Waals surface area contributed by atoms with Gasteiger partial charge in [-0.3, -0.25) is 0 Å². The van der Waals surface area contributed by atoms with Gasteiger partial charge in [0.2, 0.25) is 0 Å². The molecule has 0 unspecified atom stereocenters. The summed E-state index contributed by atoms with van der Waals surface area (Å²) in [6, 6.07) is 5.05. The number of hydrogen-bond donors (Lipinski definition) is 1. The second kappa shape index (κ2) is 5.71. The molecule has 2 rings (SSSR count). The summed E-state index contributed by atoms with van der Waals surface area (Å²) in [7, 11) is 0. The van der Waals surface area contributed by atoms with Gasteiger partial charge in [-0.05, 0) is 40.5 Å². The maximum Gasteiger partial charge on any atom is 0.137 e. The minimum absolute atomic E-state index is 0.230. The molecule has 2 aromatic rings. The molecule has 90 valence electrons. The number of aryl methyl sites for hydroxylation is 1. The van der Waals surface area contributed by atoms with Crippen LogP contribution >= 0.6 is 27.3 Å². The number of hydrogen-bond acceptors (Lipinski definition) is 3. The van der Waals surface area contributed by atoms with Crippen molar-refractivity contribution in [3.63, 3.8) is 0 Å². The Morgan fingerprint density at radius 1 is 1.41 bits per heavy atom.